The zero-order chi connectivity index (χ0) is 11.8. The van der Waals surface area contributed by atoms with Gasteiger partial charge >= 0.3 is 0 Å². The van der Waals surface area contributed by atoms with Gasteiger partial charge in [0.05, 0.1) is 6.54 Å². The first kappa shape index (κ1) is 13.9. The van der Waals surface area contributed by atoms with E-state index in [1.54, 1.807) is 6.07 Å². The van der Waals surface area contributed by atoms with Crippen molar-refractivity contribution in [3.8, 4) is 0 Å². The highest BCUT2D eigenvalue weighted by Gasteiger charge is 1.98. The first-order chi connectivity index (χ1) is 7.68. The van der Waals surface area contributed by atoms with E-state index in [2.05, 4.69) is 19.2 Å². The summed E-state index contributed by atoms with van der Waals surface area (Å²) in [5.41, 5.74) is 0. The molecule has 92 valence electrons. The van der Waals surface area contributed by atoms with Crippen molar-refractivity contribution in [3.63, 3.8) is 0 Å². The SMILES string of the molecule is CC(C)CSCCCNCc1ccc(Cl)o1. The van der Waals surface area contributed by atoms with E-state index in [4.69, 9.17) is 16.0 Å². The third-order valence-electron chi connectivity index (χ3n) is 2.02. The van der Waals surface area contributed by atoms with Gasteiger partial charge in [0.15, 0.2) is 5.22 Å². The smallest absolute Gasteiger partial charge is 0.193 e. The highest BCUT2D eigenvalue weighted by atomic mass is 35.5. The molecule has 0 saturated heterocycles. The molecule has 1 N–H and O–H groups in total. The van der Waals surface area contributed by atoms with Crippen molar-refractivity contribution >= 4 is 23.4 Å². The highest BCUT2D eigenvalue weighted by molar-refractivity contribution is 7.99. The Morgan fingerprint density at radius 1 is 1.44 bits per heavy atom. The number of hydrogen-bond acceptors (Lipinski definition) is 3. The molecule has 0 aliphatic rings. The summed E-state index contributed by atoms with van der Waals surface area (Å²) in [6.07, 6.45) is 1.20. The normalized spacial score (nSPS) is 11.2. The molecule has 0 saturated carbocycles. The van der Waals surface area contributed by atoms with Crippen molar-refractivity contribution in [1.82, 2.24) is 5.32 Å². The van der Waals surface area contributed by atoms with E-state index in [-0.39, 0.29) is 0 Å². The van der Waals surface area contributed by atoms with Crippen LogP contribution in [0.1, 0.15) is 26.0 Å². The van der Waals surface area contributed by atoms with E-state index in [1.165, 1.54) is 17.9 Å². The minimum atomic E-state index is 0.462. The summed E-state index contributed by atoms with van der Waals surface area (Å²) in [5.74, 6) is 4.18. The summed E-state index contributed by atoms with van der Waals surface area (Å²) in [5, 5.41) is 3.80. The molecule has 0 aromatic carbocycles. The van der Waals surface area contributed by atoms with Gasteiger partial charge in [-0.2, -0.15) is 11.8 Å². The lowest BCUT2D eigenvalue weighted by atomic mass is 10.3. The minimum absolute atomic E-state index is 0.462. The molecule has 0 bridgehead atoms. The quantitative estimate of drug-likeness (QED) is 0.721. The third-order valence-corrected chi connectivity index (χ3v) is 3.70. The minimum Gasteiger partial charge on any atom is -0.448 e. The van der Waals surface area contributed by atoms with Gasteiger partial charge in [-0.05, 0) is 54.1 Å². The van der Waals surface area contributed by atoms with Gasteiger partial charge in [0.2, 0.25) is 0 Å². The maximum absolute atomic E-state index is 5.67. The summed E-state index contributed by atoms with van der Waals surface area (Å²) in [6.45, 7) is 6.31. The van der Waals surface area contributed by atoms with E-state index < -0.39 is 0 Å². The fraction of sp³-hybridized carbons (Fsp3) is 0.667. The van der Waals surface area contributed by atoms with E-state index in [0.29, 0.717) is 5.22 Å². The van der Waals surface area contributed by atoms with Gasteiger partial charge in [0, 0.05) is 0 Å². The Kier molecular flexibility index (Phi) is 7.01. The lowest BCUT2D eigenvalue weighted by molar-refractivity contribution is 0.485. The zero-order valence-corrected chi connectivity index (χ0v) is 11.5. The second kappa shape index (κ2) is 8.04. The molecule has 0 atom stereocenters. The van der Waals surface area contributed by atoms with Crippen LogP contribution in [0.3, 0.4) is 0 Å². The topological polar surface area (TPSA) is 25.2 Å². The predicted octanol–water partition coefficient (Wildman–Crippen LogP) is 3.80. The molecule has 0 radical (unpaired) electrons. The Hall–Kier alpha value is -0.120. The molecule has 0 aliphatic heterocycles. The number of furan rings is 1. The lowest BCUT2D eigenvalue weighted by Gasteiger charge is -2.05. The molecular formula is C12H20ClNOS. The van der Waals surface area contributed by atoms with Crippen LogP contribution >= 0.6 is 23.4 Å². The van der Waals surface area contributed by atoms with E-state index in [9.17, 15) is 0 Å². The largest absolute Gasteiger partial charge is 0.448 e. The molecule has 0 aliphatic carbocycles. The first-order valence-corrected chi connectivity index (χ1v) is 7.24. The van der Waals surface area contributed by atoms with Gasteiger partial charge in [-0.25, -0.2) is 0 Å². The Labute approximate surface area is 107 Å². The Balaban J connectivity index is 1.92. The summed E-state index contributed by atoms with van der Waals surface area (Å²) >= 11 is 7.70. The monoisotopic (exact) mass is 261 g/mol. The highest BCUT2D eigenvalue weighted by Crippen LogP contribution is 2.12. The predicted molar refractivity (Wildman–Crippen MR) is 72.2 cm³/mol. The summed E-state index contributed by atoms with van der Waals surface area (Å²) in [6, 6.07) is 3.68. The van der Waals surface area contributed by atoms with Gasteiger partial charge in [-0.1, -0.05) is 13.8 Å². The lowest BCUT2D eigenvalue weighted by Crippen LogP contribution is -2.14. The van der Waals surface area contributed by atoms with Gasteiger partial charge in [0.1, 0.15) is 5.76 Å². The molecular weight excluding hydrogens is 242 g/mol. The number of nitrogens with one attached hydrogen (secondary N) is 1. The Morgan fingerprint density at radius 2 is 2.25 bits per heavy atom. The number of halogens is 1. The van der Waals surface area contributed by atoms with Crippen LogP contribution in [0, 0.1) is 5.92 Å². The Morgan fingerprint density at radius 3 is 2.88 bits per heavy atom. The molecule has 4 heteroatoms. The summed E-state index contributed by atoms with van der Waals surface area (Å²) < 4.78 is 5.24. The molecule has 1 aromatic heterocycles. The molecule has 16 heavy (non-hydrogen) atoms. The molecule has 1 heterocycles. The van der Waals surface area contributed by atoms with Crippen LogP contribution in [-0.4, -0.2) is 18.1 Å². The van der Waals surface area contributed by atoms with Crippen LogP contribution < -0.4 is 5.32 Å². The number of thioether (sulfide) groups is 1. The van der Waals surface area contributed by atoms with Crippen molar-refractivity contribution in [1.29, 1.82) is 0 Å². The third kappa shape index (κ3) is 6.46. The van der Waals surface area contributed by atoms with Gasteiger partial charge in [-0.3, -0.25) is 0 Å². The van der Waals surface area contributed by atoms with E-state index >= 15 is 0 Å². The van der Waals surface area contributed by atoms with E-state index in [0.717, 1.165) is 24.8 Å². The fourth-order valence-corrected chi connectivity index (χ4v) is 2.43. The summed E-state index contributed by atoms with van der Waals surface area (Å²) in [4.78, 5) is 0. The second-order valence-corrected chi connectivity index (χ2v) is 5.73. The molecule has 0 unspecified atom stereocenters. The molecule has 2 nitrogen and oxygen atoms in total. The van der Waals surface area contributed by atoms with Crippen molar-refractivity contribution in [2.24, 2.45) is 5.92 Å². The van der Waals surface area contributed by atoms with Gasteiger partial charge < -0.3 is 9.73 Å². The number of rotatable bonds is 8. The fourth-order valence-electron chi connectivity index (χ4n) is 1.28. The maximum Gasteiger partial charge on any atom is 0.193 e. The van der Waals surface area contributed by atoms with Crippen molar-refractivity contribution in [2.45, 2.75) is 26.8 Å². The van der Waals surface area contributed by atoms with Crippen LogP contribution in [0.5, 0.6) is 0 Å². The average Bonchev–Trinajstić information content (AvgIpc) is 2.62. The van der Waals surface area contributed by atoms with Crippen molar-refractivity contribution in [2.75, 3.05) is 18.1 Å². The van der Waals surface area contributed by atoms with Gasteiger partial charge in [-0.15, -0.1) is 0 Å². The average molecular weight is 262 g/mol. The van der Waals surface area contributed by atoms with Crippen LogP contribution in [0.4, 0.5) is 0 Å². The van der Waals surface area contributed by atoms with Gasteiger partial charge in [0.25, 0.3) is 0 Å². The van der Waals surface area contributed by atoms with E-state index in [1.807, 2.05) is 17.8 Å². The van der Waals surface area contributed by atoms with Crippen molar-refractivity contribution in [3.05, 3.63) is 23.1 Å². The molecule has 1 rings (SSSR count). The summed E-state index contributed by atoms with van der Waals surface area (Å²) in [7, 11) is 0. The van der Waals surface area contributed by atoms with Crippen molar-refractivity contribution < 1.29 is 4.42 Å². The van der Waals surface area contributed by atoms with Crippen LogP contribution in [0.2, 0.25) is 5.22 Å². The van der Waals surface area contributed by atoms with Crippen LogP contribution in [0.15, 0.2) is 16.5 Å². The molecule has 1 aromatic rings. The molecule has 0 spiro atoms. The standard InChI is InChI=1S/C12H20ClNOS/c1-10(2)9-16-7-3-6-14-8-11-4-5-12(13)15-11/h4-5,10,14H,3,6-9H2,1-2H3. The van der Waals surface area contributed by atoms with Crippen LogP contribution in [0.25, 0.3) is 0 Å². The molecule has 0 amide bonds. The Bertz CT molecular complexity index is 288. The number of hydrogen-bond donors (Lipinski definition) is 1. The van der Waals surface area contributed by atoms with Crippen LogP contribution in [-0.2, 0) is 6.54 Å². The first-order valence-electron chi connectivity index (χ1n) is 5.71. The second-order valence-electron chi connectivity index (χ2n) is 4.20. The maximum atomic E-state index is 5.67. The molecule has 0 fully saturated rings. The zero-order valence-electron chi connectivity index (χ0n) is 9.96.